The molecule has 2 aliphatic heterocycles. The SMILES string of the molecule is O=C(CCc1nc2ccccc2s1)N1CCCC(Nc2ccc3c(c2)OCCO3)C1. The molecular formula is C23H25N3O3S. The van der Waals surface area contributed by atoms with Crippen LogP contribution in [0.15, 0.2) is 42.5 Å². The van der Waals surface area contributed by atoms with Crippen molar-refractivity contribution in [3.8, 4) is 11.5 Å². The second-order valence-corrected chi connectivity index (χ2v) is 8.87. The third-order valence-electron chi connectivity index (χ3n) is 5.58. The van der Waals surface area contributed by atoms with Gasteiger partial charge >= 0.3 is 0 Å². The first-order valence-electron chi connectivity index (χ1n) is 10.5. The predicted octanol–water partition coefficient (Wildman–Crippen LogP) is 4.10. The zero-order valence-electron chi connectivity index (χ0n) is 16.8. The number of amides is 1. The lowest BCUT2D eigenvalue weighted by atomic mass is 10.0. The van der Waals surface area contributed by atoms with E-state index in [1.165, 1.54) is 4.70 Å². The van der Waals surface area contributed by atoms with E-state index in [2.05, 4.69) is 16.4 Å². The van der Waals surface area contributed by atoms with Gasteiger partial charge in [0.15, 0.2) is 11.5 Å². The number of para-hydroxylation sites is 1. The molecule has 3 heterocycles. The minimum Gasteiger partial charge on any atom is -0.486 e. The highest BCUT2D eigenvalue weighted by Gasteiger charge is 2.24. The lowest BCUT2D eigenvalue weighted by Gasteiger charge is -2.34. The van der Waals surface area contributed by atoms with E-state index in [1.807, 2.05) is 41.3 Å². The summed E-state index contributed by atoms with van der Waals surface area (Å²) in [4.78, 5) is 19.5. The fourth-order valence-corrected chi connectivity index (χ4v) is 5.06. The molecular weight excluding hydrogens is 398 g/mol. The number of nitrogens with one attached hydrogen (secondary N) is 1. The topological polar surface area (TPSA) is 63.7 Å². The number of piperidine rings is 1. The fourth-order valence-electron chi connectivity index (χ4n) is 4.09. The van der Waals surface area contributed by atoms with Crippen LogP contribution in [0.5, 0.6) is 11.5 Å². The van der Waals surface area contributed by atoms with Crippen LogP contribution in [-0.4, -0.2) is 48.1 Å². The number of fused-ring (bicyclic) bond motifs is 2. The molecule has 1 aromatic heterocycles. The summed E-state index contributed by atoms with van der Waals surface area (Å²) in [5.41, 5.74) is 2.03. The Kier molecular flexibility index (Phi) is 5.45. The highest BCUT2D eigenvalue weighted by atomic mass is 32.1. The monoisotopic (exact) mass is 423 g/mol. The number of ether oxygens (including phenoxy) is 2. The molecule has 156 valence electrons. The zero-order chi connectivity index (χ0) is 20.3. The number of thiazole rings is 1. The van der Waals surface area contributed by atoms with Gasteiger partial charge in [-0.25, -0.2) is 4.98 Å². The van der Waals surface area contributed by atoms with E-state index in [9.17, 15) is 4.79 Å². The highest BCUT2D eigenvalue weighted by molar-refractivity contribution is 7.18. The first kappa shape index (κ1) is 19.2. The number of anilines is 1. The summed E-state index contributed by atoms with van der Waals surface area (Å²) in [7, 11) is 0. The van der Waals surface area contributed by atoms with Crippen molar-refractivity contribution in [2.45, 2.75) is 31.7 Å². The molecule has 1 fully saturated rings. The molecule has 6 nitrogen and oxygen atoms in total. The molecule has 0 radical (unpaired) electrons. The Morgan fingerprint density at radius 1 is 1.17 bits per heavy atom. The van der Waals surface area contributed by atoms with Crippen LogP contribution in [0.4, 0.5) is 5.69 Å². The van der Waals surface area contributed by atoms with Gasteiger partial charge in [-0.2, -0.15) is 0 Å². The summed E-state index contributed by atoms with van der Waals surface area (Å²) in [6, 6.07) is 14.3. The number of hydrogen-bond donors (Lipinski definition) is 1. The number of rotatable bonds is 5. The van der Waals surface area contributed by atoms with Gasteiger partial charge in [-0.05, 0) is 37.1 Å². The summed E-state index contributed by atoms with van der Waals surface area (Å²) in [6.45, 7) is 2.73. The molecule has 30 heavy (non-hydrogen) atoms. The number of carbonyl (C=O) groups excluding carboxylic acids is 1. The van der Waals surface area contributed by atoms with Gasteiger partial charge < -0.3 is 19.7 Å². The molecule has 5 rings (SSSR count). The maximum Gasteiger partial charge on any atom is 0.223 e. The number of aryl methyl sites for hydroxylation is 1. The number of nitrogens with zero attached hydrogens (tertiary/aromatic N) is 2. The average Bonchev–Trinajstić information content (AvgIpc) is 3.21. The lowest BCUT2D eigenvalue weighted by Crippen LogP contribution is -2.45. The largest absolute Gasteiger partial charge is 0.486 e. The van der Waals surface area contributed by atoms with Gasteiger partial charge in [0.1, 0.15) is 13.2 Å². The zero-order valence-corrected chi connectivity index (χ0v) is 17.6. The van der Waals surface area contributed by atoms with Gasteiger partial charge in [0.05, 0.1) is 15.2 Å². The molecule has 2 aromatic carbocycles. The second-order valence-electron chi connectivity index (χ2n) is 7.76. The number of hydrogen-bond acceptors (Lipinski definition) is 6. The molecule has 7 heteroatoms. The van der Waals surface area contributed by atoms with E-state index in [4.69, 9.17) is 9.47 Å². The first-order valence-corrected chi connectivity index (χ1v) is 11.3. The quantitative estimate of drug-likeness (QED) is 0.669. The minimum absolute atomic E-state index is 0.211. The standard InChI is InChI=1S/C23H25N3O3S/c27-23(10-9-22-25-18-5-1-2-6-21(18)30-22)26-11-3-4-17(15-26)24-16-7-8-19-20(14-16)29-13-12-28-19/h1-2,5-8,14,17,24H,3-4,9-13,15H2. The summed E-state index contributed by atoms with van der Waals surface area (Å²) in [5, 5.41) is 4.60. The number of carbonyl (C=O) groups is 1. The smallest absolute Gasteiger partial charge is 0.223 e. The van der Waals surface area contributed by atoms with Crippen LogP contribution in [0.25, 0.3) is 10.2 Å². The van der Waals surface area contributed by atoms with Gasteiger partial charge in [-0.3, -0.25) is 4.79 Å². The van der Waals surface area contributed by atoms with Crippen molar-refractivity contribution < 1.29 is 14.3 Å². The van der Waals surface area contributed by atoms with Crippen molar-refractivity contribution in [2.75, 3.05) is 31.6 Å². The molecule has 1 amide bonds. The lowest BCUT2D eigenvalue weighted by molar-refractivity contribution is -0.132. The highest BCUT2D eigenvalue weighted by Crippen LogP contribution is 2.33. The molecule has 1 unspecified atom stereocenters. The third-order valence-corrected chi connectivity index (χ3v) is 6.67. The van der Waals surface area contributed by atoms with Gasteiger partial charge in [-0.15, -0.1) is 11.3 Å². The second kappa shape index (κ2) is 8.52. The van der Waals surface area contributed by atoms with Gasteiger partial charge in [0.2, 0.25) is 5.91 Å². The van der Waals surface area contributed by atoms with Crippen molar-refractivity contribution in [1.82, 2.24) is 9.88 Å². The van der Waals surface area contributed by atoms with E-state index in [-0.39, 0.29) is 11.9 Å². The van der Waals surface area contributed by atoms with E-state index in [0.29, 0.717) is 26.1 Å². The number of aromatic nitrogens is 1. The molecule has 0 spiro atoms. The Balaban J connectivity index is 1.17. The summed E-state index contributed by atoms with van der Waals surface area (Å²) in [5.74, 6) is 1.79. The summed E-state index contributed by atoms with van der Waals surface area (Å²) >= 11 is 1.68. The third kappa shape index (κ3) is 4.21. The number of benzene rings is 2. The average molecular weight is 424 g/mol. The molecule has 1 atom stereocenters. The predicted molar refractivity (Wildman–Crippen MR) is 119 cm³/mol. The molecule has 3 aromatic rings. The Bertz CT molecular complexity index is 1020. The van der Waals surface area contributed by atoms with E-state index >= 15 is 0 Å². The van der Waals surface area contributed by atoms with Crippen LogP contribution in [0.1, 0.15) is 24.3 Å². The van der Waals surface area contributed by atoms with Crippen molar-refractivity contribution >= 4 is 33.1 Å². The van der Waals surface area contributed by atoms with E-state index in [0.717, 1.165) is 53.6 Å². The van der Waals surface area contributed by atoms with Crippen molar-refractivity contribution in [3.05, 3.63) is 47.5 Å². The molecule has 0 aliphatic carbocycles. The van der Waals surface area contributed by atoms with Gasteiger partial charge in [0.25, 0.3) is 0 Å². The van der Waals surface area contributed by atoms with Gasteiger partial charge in [-0.1, -0.05) is 12.1 Å². The Labute approximate surface area is 179 Å². The maximum atomic E-state index is 12.8. The Morgan fingerprint density at radius 3 is 2.93 bits per heavy atom. The number of likely N-dealkylation sites (tertiary alicyclic amines) is 1. The Hall–Kier alpha value is -2.80. The van der Waals surface area contributed by atoms with Crippen molar-refractivity contribution in [1.29, 1.82) is 0 Å². The van der Waals surface area contributed by atoms with E-state index < -0.39 is 0 Å². The first-order chi connectivity index (χ1) is 14.7. The molecule has 0 bridgehead atoms. The molecule has 0 saturated carbocycles. The molecule has 1 N–H and O–H groups in total. The van der Waals surface area contributed by atoms with Gasteiger partial charge in [0, 0.05) is 43.7 Å². The summed E-state index contributed by atoms with van der Waals surface area (Å²) < 4.78 is 12.4. The minimum atomic E-state index is 0.211. The van der Waals surface area contributed by atoms with Crippen LogP contribution in [-0.2, 0) is 11.2 Å². The Morgan fingerprint density at radius 2 is 2.03 bits per heavy atom. The van der Waals surface area contributed by atoms with Crippen molar-refractivity contribution in [3.63, 3.8) is 0 Å². The van der Waals surface area contributed by atoms with Crippen LogP contribution >= 0.6 is 11.3 Å². The van der Waals surface area contributed by atoms with Crippen LogP contribution in [0, 0.1) is 0 Å². The molecule has 1 saturated heterocycles. The molecule has 2 aliphatic rings. The maximum absolute atomic E-state index is 12.8. The fraction of sp³-hybridized carbons (Fsp3) is 0.391. The van der Waals surface area contributed by atoms with Crippen LogP contribution in [0.3, 0.4) is 0 Å². The normalized spacial score (nSPS) is 18.4. The van der Waals surface area contributed by atoms with Crippen LogP contribution in [0.2, 0.25) is 0 Å². The summed E-state index contributed by atoms with van der Waals surface area (Å²) in [6.07, 6.45) is 3.27. The van der Waals surface area contributed by atoms with Crippen molar-refractivity contribution in [2.24, 2.45) is 0 Å². The van der Waals surface area contributed by atoms with E-state index in [1.54, 1.807) is 11.3 Å². The van der Waals surface area contributed by atoms with Crippen LogP contribution < -0.4 is 14.8 Å².